The summed E-state index contributed by atoms with van der Waals surface area (Å²) in [6.45, 7) is 2.19. The Morgan fingerprint density at radius 2 is 1.88 bits per heavy atom. The van der Waals surface area contributed by atoms with Gasteiger partial charge in [-0.25, -0.2) is 14.6 Å². The van der Waals surface area contributed by atoms with Crippen molar-refractivity contribution in [1.29, 1.82) is 0 Å². The Labute approximate surface area is 199 Å². The molecule has 0 amide bonds. The minimum atomic E-state index is -4.48. The Morgan fingerprint density at radius 1 is 1.15 bits per heavy atom. The zero-order valence-corrected chi connectivity index (χ0v) is 19.1. The van der Waals surface area contributed by atoms with E-state index in [9.17, 15) is 13.2 Å². The summed E-state index contributed by atoms with van der Waals surface area (Å²) in [6, 6.07) is 8.27. The quantitative estimate of drug-likeness (QED) is 0.532. The van der Waals surface area contributed by atoms with Gasteiger partial charge in [0.15, 0.2) is 0 Å². The monoisotopic (exact) mass is 493 g/mol. The van der Waals surface area contributed by atoms with Gasteiger partial charge in [0.1, 0.15) is 24.4 Å². The lowest BCUT2D eigenvalue weighted by molar-refractivity contribution is -0.143. The highest BCUT2D eigenvalue weighted by Gasteiger charge is 2.43. The fourth-order valence-corrected chi connectivity index (χ4v) is 4.95. The Hall–Kier alpha value is -3.08. The summed E-state index contributed by atoms with van der Waals surface area (Å²) in [4.78, 5) is 15.0. The zero-order valence-electron chi connectivity index (χ0n) is 18.3. The predicted molar refractivity (Wildman–Crippen MR) is 120 cm³/mol. The van der Waals surface area contributed by atoms with Crippen molar-refractivity contribution in [3.05, 3.63) is 47.4 Å². The average molecular weight is 494 g/mol. The van der Waals surface area contributed by atoms with Crippen LogP contribution in [0.2, 0.25) is 5.02 Å². The standard InChI is InChI=1S/C22H23ClF3N7O/c1-13-8-18(28-12-27-13)32-9-14-6-7-15(10-32)19(14)29-20-30-21(33(31-20)11-22(24,25)26)34-17-5-3-2-4-16(17)23/h2-5,8,12,14-15,19H,6-7,9-11H2,1H3,(H,29,31)/t14-,15+,19+. The number of alkyl halides is 3. The van der Waals surface area contributed by atoms with Crippen LogP contribution in [0.1, 0.15) is 18.5 Å². The summed E-state index contributed by atoms with van der Waals surface area (Å²) >= 11 is 6.11. The molecule has 3 atom stereocenters. The lowest BCUT2D eigenvalue weighted by Crippen LogP contribution is -2.48. The maximum atomic E-state index is 13.2. The Morgan fingerprint density at radius 3 is 2.56 bits per heavy atom. The van der Waals surface area contributed by atoms with Crippen LogP contribution in [-0.2, 0) is 6.54 Å². The summed E-state index contributed by atoms with van der Waals surface area (Å²) in [6.07, 6.45) is -0.900. The van der Waals surface area contributed by atoms with Gasteiger partial charge in [-0.1, -0.05) is 23.7 Å². The highest BCUT2D eigenvalue weighted by molar-refractivity contribution is 6.32. The smallest absolute Gasteiger partial charge is 0.408 e. The van der Waals surface area contributed by atoms with Gasteiger partial charge in [0.2, 0.25) is 5.95 Å². The van der Waals surface area contributed by atoms with Crippen LogP contribution in [0.3, 0.4) is 0 Å². The van der Waals surface area contributed by atoms with Crippen LogP contribution >= 0.6 is 11.6 Å². The number of ether oxygens (including phenoxy) is 1. The van der Waals surface area contributed by atoms with Crippen molar-refractivity contribution >= 4 is 23.4 Å². The molecule has 0 spiro atoms. The van der Waals surface area contributed by atoms with Crippen LogP contribution in [0.15, 0.2) is 36.7 Å². The van der Waals surface area contributed by atoms with E-state index in [1.54, 1.807) is 30.6 Å². The molecule has 180 valence electrons. The number of rotatable bonds is 6. The highest BCUT2D eigenvalue weighted by Crippen LogP contribution is 2.40. The van der Waals surface area contributed by atoms with E-state index >= 15 is 0 Å². The van der Waals surface area contributed by atoms with Crippen molar-refractivity contribution < 1.29 is 17.9 Å². The van der Waals surface area contributed by atoms with Crippen LogP contribution < -0.4 is 15.0 Å². The summed E-state index contributed by atoms with van der Waals surface area (Å²) in [5, 5.41) is 7.63. The molecule has 5 rings (SSSR count). The molecule has 2 fully saturated rings. The number of aromatic nitrogens is 5. The molecular weight excluding hydrogens is 471 g/mol. The van der Waals surface area contributed by atoms with Gasteiger partial charge in [-0.05, 0) is 43.7 Å². The molecule has 2 aliphatic rings. The van der Waals surface area contributed by atoms with E-state index < -0.39 is 12.7 Å². The fourth-order valence-electron chi connectivity index (χ4n) is 4.77. The molecular formula is C22H23ClF3N7O. The first-order valence-electron chi connectivity index (χ1n) is 11.0. The third kappa shape index (κ3) is 4.89. The largest absolute Gasteiger partial charge is 0.423 e. The molecule has 12 heteroatoms. The molecule has 34 heavy (non-hydrogen) atoms. The topological polar surface area (TPSA) is 81.0 Å². The van der Waals surface area contributed by atoms with E-state index in [0.29, 0.717) is 4.68 Å². The normalized spacial score (nSPS) is 22.1. The molecule has 0 radical (unpaired) electrons. The molecule has 3 heterocycles. The SMILES string of the molecule is Cc1cc(N2C[C@H]3CC[C@@H](C2)[C@H]3Nc2nc(Oc3ccccc3Cl)n(CC(F)(F)F)n2)ncn1. The minimum Gasteiger partial charge on any atom is -0.423 e. The molecule has 2 aromatic heterocycles. The number of anilines is 2. The second kappa shape index (κ2) is 8.94. The van der Waals surface area contributed by atoms with Crippen LogP contribution in [-0.4, -0.2) is 50.0 Å². The lowest BCUT2D eigenvalue weighted by Gasteiger charge is -2.38. The molecule has 3 aromatic rings. The number of nitrogens with zero attached hydrogens (tertiary/aromatic N) is 6. The van der Waals surface area contributed by atoms with Gasteiger partial charge in [-0.15, -0.1) is 5.10 Å². The second-order valence-electron chi connectivity index (χ2n) is 8.71. The van der Waals surface area contributed by atoms with Crippen molar-refractivity contribution in [2.75, 3.05) is 23.3 Å². The summed E-state index contributed by atoms with van der Waals surface area (Å²) in [5.41, 5.74) is 0.906. The van der Waals surface area contributed by atoms with E-state index in [2.05, 4.69) is 30.3 Å². The van der Waals surface area contributed by atoms with Crippen molar-refractivity contribution in [2.24, 2.45) is 11.8 Å². The number of aryl methyl sites for hydroxylation is 1. The number of benzene rings is 1. The zero-order chi connectivity index (χ0) is 23.9. The average Bonchev–Trinajstić information content (AvgIpc) is 3.23. The molecule has 1 aliphatic carbocycles. The van der Waals surface area contributed by atoms with Gasteiger partial charge in [0.25, 0.3) is 0 Å². The van der Waals surface area contributed by atoms with Crippen molar-refractivity contribution in [2.45, 2.75) is 38.5 Å². The Kier molecular flexibility index (Phi) is 5.97. The molecule has 1 N–H and O–H groups in total. The van der Waals surface area contributed by atoms with E-state index in [-0.39, 0.29) is 40.6 Å². The molecule has 1 aromatic carbocycles. The number of para-hydroxylation sites is 1. The first-order valence-corrected chi connectivity index (χ1v) is 11.4. The summed E-state index contributed by atoms with van der Waals surface area (Å²) in [5.74, 6) is 1.79. The molecule has 1 aliphatic heterocycles. The Bertz CT molecular complexity index is 1160. The maximum absolute atomic E-state index is 13.2. The van der Waals surface area contributed by atoms with Crippen LogP contribution in [0.5, 0.6) is 11.8 Å². The predicted octanol–water partition coefficient (Wildman–Crippen LogP) is 4.71. The molecule has 1 saturated carbocycles. The third-order valence-corrected chi connectivity index (χ3v) is 6.56. The van der Waals surface area contributed by atoms with Crippen molar-refractivity contribution in [3.8, 4) is 11.8 Å². The number of hydrogen-bond acceptors (Lipinski definition) is 7. The first kappa shape index (κ1) is 22.7. The third-order valence-electron chi connectivity index (χ3n) is 6.25. The van der Waals surface area contributed by atoms with Crippen molar-refractivity contribution in [3.63, 3.8) is 0 Å². The highest BCUT2D eigenvalue weighted by atomic mass is 35.5. The number of piperidine rings is 1. The van der Waals surface area contributed by atoms with Gasteiger partial charge < -0.3 is 15.0 Å². The van der Waals surface area contributed by atoms with E-state index in [0.717, 1.165) is 37.4 Å². The molecule has 1 saturated heterocycles. The second-order valence-corrected chi connectivity index (χ2v) is 9.12. The van der Waals surface area contributed by atoms with E-state index in [1.807, 2.05) is 13.0 Å². The maximum Gasteiger partial charge on any atom is 0.408 e. The number of nitrogens with one attached hydrogen (secondary N) is 1. The van der Waals surface area contributed by atoms with Crippen molar-refractivity contribution in [1.82, 2.24) is 24.7 Å². The number of fused-ring (bicyclic) bond motifs is 2. The summed E-state index contributed by atoms with van der Waals surface area (Å²) < 4.78 is 45.8. The number of halogens is 4. The van der Waals surface area contributed by atoms with Crippen LogP contribution in [0.4, 0.5) is 24.9 Å². The van der Waals surface area contributed by atoms with Crippen LogP contribution in [0.25, 0.3) is 0 Å². The van der Waals surface area contributed by atoms with E-state index in [1.165, 1.54) is 0 Å². The van der Waals surface area contributed by atoms with Gasteiger partial charge in [0, 0.05) is 30.9 Å². The molecule has 2 bridgehead atoms. The Balaban J connectivity index is 1.35. The van der Waals surface area contributed by atoms with Gasteiger partial charge in [0.05, 0.1) is 5.02 Å². The molecule has 8 nitrogen and oxygen atoms in total. The number of hydrogen-bond donors (Lipinski definition) is 1. The van der Waals surface area contributed by atoms with Crippen LogP contribution in [0, 0.1) is 18.8 Å². The van der Waals surface area contributed by atoms with E-state index in [4.69, 9.17) is 16.3 Å². The minimum absolute atomic E-state index is 0.0501. The molecule has 0 unspecified atom stereocenters. The van der Waals surface area contributed by atoms with Gasteiger partial charge in [-0.3, -0.25) is 0 Å². The van der Waals surface area contributed by atoms with Gasteiger partial charge >= 0.3 is 12.2 Å². The summed E-state index contributed by atoms with van der Waals surface area (Å²) in [7, 11) is 0. The lowest BCUT2D eigenvalue weighted by atomic mass is 9.92. The first-order chi connectivity index (χ1) is 16.2. The fraction of sp³-hybridized carbons (Fsp3) is 0.455. The van der Waals surface area contributed by atoms with Gasteiger partial charge in [-0.2, -0.15) is 18.2 Å².